The Morgan fingerprint density at radius 2 is 1.86 bits per heavy atom. The summed E-state index contributed by atoms with van der Waals surface area (Å²) in [6.45, 7) is 4.30. The maximum Gasteiger partial charge on any atom is 0.225 e. The summed E-state index contributed by atoms with van der Waals surface area (Å²) in [7, 11) is 0. The van der Waals surface area contributed by atoms with E-state index >= 15 is 0 Å². The molecule has 0 spiro atoms. The number of nitrogens with zero attached hydrogens (tertiary/aromatic N) is 1. The van der Waals surface area contributed by atoms with Crippen LogP contribution in [-0.4, -0.2) is 47.7 Å². The predicted molar refractivity (Wildman–Crippen MR) is 85.1 cm³/mol. The van der Waals surface area contributed by atoms with E-state index in [-0.39, 0.29) is 6.61 Å². The van der Waals surface area contributed by atoms with Crippen LogP contribution in [0.3, 0.4) is 0 Å². The second-order valence-corrected chi connectivity index (χ2v) is 6.87. The molecule has 1 saturated carbocycles. The first-order valence-electron chi connectivity index (χ1n) is 8.86. The van der Waals surface area contributed by atoms with Gasteiger partial charge in [-0.1, -0.05) is 19.3 Å². The van der Waals surface area contributed by atoms with Gasteiger partial charge in [0.15, 0.2) is 0 Å². The molecule has 1 heterocycles. The Bertz CT molecular complexity index is 308. The van der Waals surface area contributed by atoms with Gasteiger partial charge in [0.05, 0.1) is 0 Å². The summed E-state index contributed by atoms with van der Waals surface area (Å²) >= 11 is 0. The molecule has 0 bridgehead atoms. The highest BCUT2D eigenvalue weighted by molar-refractivity contribution is 5.79. The smallest absolute Gasteiger partial charge is 0.225 e. The number of piperidine rings is 1. The first-order chi connectivity index (χ1) is 10.2. The monoisotopic (exact) mass is 296 g/mol. The van der Waals surface area contributed by atoms with Crippen LogP contribution in [0.15, 0.2) is 0 Å². The summed E-state index contributed by atoms with van der Waals surface area (Å²) in [6, 6.07) is 0.997. The summed E-state index contributed by atoms with van der Waals surface area (Å²) in [5.41, 5.74) is 0. The molecule has 0 unspecified atom stereocenters. The molecule has 4 nitrogen and oxygen atoms in total. The highest BCUT2D eigenvalue weighted by Gasteiger charge is 2.29. The highest BCUT2D eigenvalue weighted by Crippen LogP contribution is 2.26. The molecule has 2 aliphatic rings. The lowest BCUT2D eigenvalue weighted by molar-refractivity contribution is -0.137. The number of aliphatic hydroxyl groups is 1. The van der Waals surface area contributed by atoms with Crippen molar-refractivity contribution in [2.45, 2.75) is 76.8 Å². The fourth-order valence-electron chi connectivity index (χ4n) is 3.76. The van der Waals surface area contributed by atoms with Crippen LogP contribution in [0.5, 0.6) is 0 Å². The Morgan fingerprint density at radius 1 is 1.19 bits per heavy atom. The minimum absolute atomic E-state index is 0.278. The third-order valence-electron chi connectivity index (χ3n) is 5.08. The topological polar surface area (TPSA) is 52.6 Å². The van der Waals surface area contributed by atoms with Crippen LogP contribution >= 0.6 is 0 Å². The van der Waals surface area contributed by atoms with Gasteiger partial charge in [-0.25, -0.2) is 0 Å². The minimum Gasteiger partial charge on any atom is -0.396 e. The number of amides is 1. The van der Waals surface area contributed by atoms with E-state index in [1.165, 1.54) is 19.3 Å². The molecule has 1 aliphatic carbocycles. The van der Waals surface area contributed by atoms with E-state index in [0.717, 1.165) is 51.6 Å². The van der Waals surface area contributed by atoms with Crippen molar-refractivity contribution in [1.82, 2.24) is 10.2 Å². The molecule has 4 heteroatoms. The number of hydrogen-bond acceptors (Lipinski definition) is 3. The van der Waals surface area contributed by atoms with Crippen LogP contribution in [0.2, 0.25) is 0 Å². The molecule has 0 aromatic rings. The molecule has 0 aromatic carbocycles. The number of hydrogen-bond donors (Lipinski definition) is 2. The summed E-state index contributed by atoms with van der Waals surface area (Å²) in [4.78, 5) is 14.6. The van der Waals surface area contributed by atoms with Gasteiger partial charge in [0.1, 0.15) is 0 Å². The van der Waals surface area contributed by atoms with Crippen molar-refractivity contribution in [2.24, 2.45) is 5.92 Å². The maximum atomic E-state index is 12.5. The highest BCUT2D eigenvalue weighted by atomic mass is 16.2. The van der Waals surface area contributed by atoms with Crippen LogP contribution < -0.4 is 5.32 Å². The number of carbonyl (C=O) groups excluding carboxylic acids is 1. The quantitative estimate of drug-likeness (QED) is 0.791. The summed E-state index contributed by atoms with van der Waals surface area (Å²) < 4.78 is 0. The molecule has 1 amide bonds. The molecule has 2 N–H and O–H groups in total. The van der Waals surface area contributed by atoms with Gasteiger partial charge in [-0.2, -0.15) is 0 Å². The van der Waals surface area contributed by atoms with Crippen molar-refractivity contribution in [3.63, 3.8) is 0 Å². The van der Waals surface area contributed by atoms with E-state index in [0.29, 0.717) is 23.9 Å². The molecule has 1 aliphatic heterocycles. The molecule has 2 rings (SSSR count). The first-order valence-corrected chi connectivity index (χ1v) is 8.86. The Kier molecular flexibility index (Phi) is 6.97. The molecule has 122 valence electrons. The Labute approximate surface area is 129 Å². The number of aliphatic hydroxyl groups excluding tert-OH is 1. The van der Waals surface area contributed by atoms with E-state index in [9.17, 15) is 4.79 Å². The van der Waals surface area contributed by atoms with Crippen molar-refractivity contribution in [2.75, 3.05) is 19.7 Å². The van der Waals surface area contributed by atoms with Gasteiger partial charge in [0.25, 0.3) is 0 Å². The zero-order valence-corrected chi connectivity index (χ0v) is 13.5. The number of rotatable bonds is 6. The van der Waals surface area contributed by atoms with Gasteiger partial charge >= 0.3 is 0 Å². The fourth-order valence-corrected chi connectivity index (χ4v) is 3.76. The Hall–Kier alpha value is -0.610. The molecule has 21 heavy (non-hydrogen) atoms. The summed E-state index contributed by atoms with van der Waals surface area (Å²) in [5, 5.41) is 12.5. The molecular weight excluding hydrogens is 264 g/mol. The predicted octanol–water partition coefficient (Wildman–Crippen LogP) is 2.31. The van der Waals surface area contributed by atoms with Crippen molar-refractivity contribution in [3.05, 3.63) is 0 Å². The van der Waals surface area contributed by atoms with Gasteiger partial charge in [0.2, 0.25) is 5.91 Å². The molecule has 0 aromatic heterocycles. The second kappa shape index (κ2) is 8.74. The van der Waals surface area contributed by atoms with Gasteiger partial charge in [0, 0.05) is 37.7 Å². The van der Waals surface area contributed by atoms with Gasteiger partial charge in [-0.3, -0.25) is 4.79 Å². The van der Waals surface area contributed by atoms with E-state index < -0.39 is 0 Å². The van der Waals surface area contributed by atoms with Gasteiger partial charge < -0.3 is 15.3 Å². The lowest BCUT2D eigenvalue weighted by Gasteiger charge is -2.36. The van der Waals surface area contributed by atoms with Crippen molar-refractivity contribution in [3.8, 4) is 0 Å². The largest absolute Gasteiger partial charge is 0.396 e. The molecular formula is C17H32N2O2. The van der Waals surface area contributed by atoms with Crippen LogP contribution in [-0.2, 0) is 4.79 Å². The first kappa shape index (κ1) is 16.8. The van der Waals surface area contributed by atoms with Crippen LogP contribution in [0.1, 0.15) is 64.7 Å². The van der Waals surface area contributed by atoms with E-state index in [1.807, 2.05) is 0 Å². The fraction of sp³-hybridized carbons (Fsp3) is 0.941. The van der Waals surface area contributed by atoms with Crippen molar-refractivity contribution >= 4 is 5.91 Å². The average Bonchev–Trinajstić information content (AvgIpc) is 2.54. The second-order valence-electron chi connectivity index (χ2n) is 6.87. The van der Waals surface area contributed by atoms with Crippen molar-refractivity contribution < 1.29 is 9.90 Å². The molecule has 1 saturated heterocycles. The van der Waals surface area contributed by atoms with E-state index in [2.05, 4.69) is 17.1 Å². The van der Waals surface area contributed by atoms with E-state index in [1.54, 1.807) is 0 Å². The van der Waals surface area contributed by atoms with Crippen LogP contribution in [0.25, 0.3) is 0 Å². The van der Waals surface area contributed by atoms with Crippen LogP contribution in [0.4, 0.5) is 0 Å². The minimum atomic E-state index is 0.278. The summed E-state index contributed by atoms with van der Waals surface area (Å²) in [6.07, 6.45) is 10.0. The molecule has 2 fully saturated rings. The number of carbonyl (C=O) groups is 1. The van der Waals surface area contributed by atoms with E-state index in [4.69, 9.17) is 5.11 Å². The lowest BCUT2D eigenvalue weighted by Crippen LogP contribution is -2.48. The average molecular weight is 296 g/mol. The lowest BCUT2D eigenvalue weighted by atomic mass is 9.87. The van der Waals surface area contributed by atoms with Crippen LogP contribution in [0, 0.1) is 5.92 Å². The number of likely N-dealkylation sites (tertiary alicyclic amines) is 1. The molecule has 0 radical (unpaired) electrons. The third-order valence-corrected chi connectivity index (χ3v) is 5.08. The zero-order chi connectivity index (χ0) is 15.1. The standard InChI is InChI=1S/C17H32N2O2/c1-14(6-5-13-20)18-16-9-11-19(12-10-16)17(21)15-7-3-2-4-8-15/h14-16,18,20H,2-13H2,1H3/t14-/m0/s1. The van der Waals surface area contributed by atoms with Crippen molar-refractivity contribution in [1.29, 1.82) is 0 Å². The number of nitrogens with one attached hydrogen (secondary N) is 1. The Morgan fingerprint density at radius 3 is 2.48 bits per heavy atom. The Balaban J connectivity index is 1.68. The normalized spacial score (nSPS) is 23.2. The zero-order valence-electron chi connectivity index (χ0n) is 13.5. The maximum absolute atomic E-state index is 12.5. The third kappa shape index (κ3) is 5.26. The molecule has 1 atom stereocenters. The van der Waals surface area contributed by atoms with Gasteiger partial charge in [-0.15, -0.1) is 0 Å². The summed E-state index contributed by atoms with van der Waals surface area (Å²) in [5.74, 6) is 0.730. The van der Waals surface area contributed by atoms with Gasteiger partial charge in [-0.05, 0) is 45.4 Å². The SMILES string of the molecule is C[C@@H](CCCO)NC1CCN(C(=O)C2CCCCC2)CC1.